The van der Waals surface area contributed by atoms with Gasteiger partial charge in [0.1, 0.15) is 5.75 Å². The molecule has 18 heavy (non-hydrogen) atoms. The van der Waals surface area contributed by atoms with Gasteiger partial charge < -0.3 is 9.64 Å². The lowest BCUT2D eigenvalue weighted by Crippen LogP contribution is -2.27. The van der Waals surface area contributed by atoms with Gasteiger partial charge in [-0.1, -0.05) is 12.1 Å². The van der Waals surface area contributed by atoms with Crippen molar-refractivity contribution >= 4 is 18.5 Å². The summed E-state index contributed by atoms with van der Waals surface area (Å²) in [5, 5.41) is 0. The molecule has 0 saturated carbocycles. The van der Waals surface area contributed by atoms with Crippen molar-refractivity contribution in [2.24, 2.45) is 5.92 Å². The van der Waals surface area contributed by atoms with Crippen LogP contribution >= 0.6 is 12.6 Å². The Morgan fingerprint density at radius 1 is 1.50 bits per heavy atom. The molecule has 1 aliphatic rings. The van der Waals surface area contributed by atoms with E-state index in [-0.39, 0.29) is 5.91 Å². The van der Waals surface area contributed by atoms with Crippen LogP contribution in [-0.2, 0) is 11.2 Å². The molecule has 1 heterocycles. The minimum Gasteiger partial charge on any atom is -0.497 e. The van der Waals surface area contributed by atoms with E-state index in [0.29, 0.717) is 12.3 Å². The minimum atomic E-state index is 0.261. The van der Waals surface area contributed by atoms with Gasteiger partial charge in [0.15, 0.2) is 0 Å². The maximum absolute atomic E-state index is 11.8. The Kier molecular flexibility index (Phi) is 4.53. The van der Waals surface area contributed by atoms with Crippen molar-refractivity contribution in [1.29, 1.82) is 0 Å². The molecule has 1 saturated heterocycles. The summed E-state index contributed by atoms with van der Waals surface area (Å²) in [5.74, 6) is 2.35. The van der Waals surface area contributed by atoms with E-state index in [2.05, 4.69) is 18.7 Å². The molecule has 0 spiro atoms. The molecule has 0 aromatic heterocycles. The van der Waals surface area contributed by atoms with Gasteiger partial charge in [-0.05, 0) is 35.8 Å². The Morgan fingerprint density at radius 2 is 2.33 bits per heavy atom. The Hall–Kier alpha value is -1.16. The second-order valence-corrected chi connectivity index (χ2v) is 5.06. The van der Waals surface area contributed by atoms with Crippen LogP contribution in [0.1, 0.15) is 12.0 Å². The molecule has 0 aliphatic carbocycles. The molecule has 0 bridgehead atoms. The van der Waals surface area contributed by atoms with Crippen molar-refractivity contribution in [2.45, 2.75) is 12.8 Å². The molecule has 3 nitrogen and oxygen atoms in total. The molecule has 2 rings (SSSR count). The molecule has 4 heteroatoms. The fraction of sp³-hybridized carbons (Fsp3) is 0.500. The van der Waals surface area contributed by atoms with Crippen molar-refractivity contribution in [2.75, 3.05) is 26.0 Å². The van der Waals surface area contributed by atoms with Gasteiger partial charge in [-0.2, -0.15) is 12.6 Å². The number of carbonyl (C=O) groups is 1. The summed E-state index contributed by atoms with van der Waals surface area (Å²) in [6.45, 7) is 1.64. The number of hydrogen-bond acceptors (Lipinski definition) is 3. The van der Waals surface area contributed by atoms with Gasteiger partial charge in [-0.25, -0.2) is 0 Å². The number of likely N-dealkylation sites (tertiary alicyclic amines) is 1. The summed E-state index contributed by atoms with van der Waals surface area (Å²) in [4.78, 5) is 13.7. The second kappa shape index (κ2) is 6.14. The summed E-state index contributed by atoms with van der Waals surface area (Å²) in [7, 11) is 1.67. The molecule has 0 N–H and O–H groups in total. The van der Waals surface area contributed by atoms with E-state index in [9.17, 15) is 4.79 Å². The van der Waals surface area contributed by atoms with Crippen LogP contribution in [0.4, 0.5) is 0 Å². The molecule has 0 radical (unpaired) electrons. The Morgan fingerprint density at radius 3 is 3.00 bits per heavy atom. The molecule has 1 fully saturated rings. The molecule has 1 amide bonds. The topological polar surface area (TPSA) is 29.5 Å². The zero-order valence-corrected chi connectivity index (χ0v) is 11.5. The third-order valence-electron chi connectivity index (χ3n) is 3.36. The molecule has 1 aromatic rings. The van der Waals surface area contributed by atoms with Crippen molar-refractivity contribution in [1.82, 2.24) is 4.90 Å². The average molecular weight is 265 g/mol. The van der Waals surface area contributed by atoms with Gasteiger partial charge >= 0.3 is 0 Å². The van der Waals surface area contributed by atoms with E-state index >= 15 is 0 Å². The van der Waals surface area contributed by atoms with E-state index in [1.54, 1.807) is 7.11 Å². The van der Waals surface area contributed by atoms with Crippen molar-refractivity contribution in [3.63, 3.8) is 0 Å². The van der Waals surface area contributed by atoms with Crippen LogP contribution in [0.5, 0.6) is 5.75 Å². The summed E-state index contributed by atoms with van der Waals surface area (Å²) in [6, 6.07) is 8.01. The van der Waals surface area contributed by atoms with E-state index in [1.165, 1.54) is 5.56 Å². The fourth-order valence-electron chi connectivity index (χ4n) is 2.28. The molecule has 1 unspecified atom stereocenters. The zero-order valence-electron chi connectivity index (χ0n) is 10.6. The van der Waals surface area contributed by atoms with Gasteiger partial charge in [-0.3, -0.25) is 4.79 Å². The number of benzene rings is 1. The molecule has 98 valence electrons. The van der Waals surface area contributed by atoms with E-state index in [4.69, 9.17) is 4.74 Å². The van der Waals surface area contributed by atoms with Crippen LogP contribution < -0.4 is 4.74 Å². The maximum Gasteiger partial charge on any atom is 0.222 e. The van der Waals surface area contributed by atoms with Crippen LogP contribution in [0, 0.1) is 5.92 Å². The third kappa shape index (κ3) is 3.19. The van der Waals surface area contributed by atoms with Gasteiger partial charge in [-0.15, -0.1) is 0 Å². The highest BCUT2D eigenvalue weighted by Gasteiger charge is 2.27. The first-order valence-electron chi connectivity index (χ1n) is 6.24. The van der Waals surface area contributed by atoms with Crippen molar-refractivity contribution in [3.8, 4) is 5.75 Å². The summed E-state index contributed by atoms with van der Waals surface area (Å²) in [6.07, 6.45) is 1.53. The fourth-order valence-corrected chi connectivity index (χ4v) is 2.53. The van der Waals surface area contributed by atoms with E-state index in [0.717, 1.165) is 31.0 Å². The van der Waals surface area contributed by atoms with E-state index in [1.807, 2.05) is 23.1 Å². The molecule has 1 atom stereocenters. The Balaban J connectivity index is 1.89. The first-order valence-corrected chi connectivity index (χ1v) is 6.87. The van der Waals surface area contributed by atoms with Crippen LogP contribution in [0.3, 0.4) is 0 Å². The van der Waals surface area contributed by atoms with Crippen LogP contribution in [0.15, 0.2) is 24.3 Å². The van der Waals surface area contributed by atoms with Crippen molar-refractivity contribution in [3.05, 3.63) is 29.8 Å². The highest BCUT2D eigenvalue weighted by Crippen LogP contribution is 2.20. The second-order valence-electron chi connectivity index (χ2n) is 4.69. The normalized spacial score (nSPS) is 19.3. The Labute approximate surface area is 114 Å². The monoisotopic (exact) mass is 265 g/mol. The molecular weight excluding hydrogens is 246 g/mol. The first kappa shape index (κ1) is 13.3. The van der Waals surface area contributed by atoms with Crippen molar-refractivity contribution < 1.29 is 9.53 Å². The van der Waals surface area contributed by atoms with Gasteiger partial charge in [0, 0.05) is 19.5 Å². The number of rotatable bonds is 5. The first-order chi connectivity index (χ1) is 8.72. The Bertz CT molecular complexity index is 422. The van der Waals surface area contributed by atoms with E-state index < -0.39 is 0 Å². The predicted molar refractivity (Wildman–Crippen MR) is 75.2 cm³/mol. The predicted octanol–water partition coefficient (Wildman–Crippen LogP) is 2.02. The summed E-state index contributed by atoms with van der Waals surface area (Å²) < 4.78 is 5.19. The number of hydrogen-bond donors (Lipinski definition) is 1. The third-order valence-corrected chi connectivity index (χ3v) is 3.87. The molecule has 1 aromatic carbocycles. The number of ether oxygens (including phenoxy) is 1. The quantitative estimate of drug-likeness (QED) is 0.825. The smallest absolute Gasteiger partial charge is 0.222 e. The average Bonchev–Trinajstić information content (AvgIpc) is 2.77. The lowest BCUT2D eigenvalue weighted by molar-refractivity contribution is -0.127. The van der Waals surface area contributed by atoms with Crippen LogP contribution in [0.25, 0.3) is 0 Å². The molecular formula is C14H19NO2S. The standard InChI is InChI=1S/C14H19NO2S/c1-17-13-4-2-3-11(7-13)5-6-15-9-12(10-18)8-14(15)16/h2-4,7,12,18H,5-6,8-10H2,1H3. The largest absolute Gasteiger partial charge is 0.497 e. The number of amides is 1. The number of methoxy groups -OCH3 is 1. The zero-order chi connectivity index (χ0) is 13.0. The maximum atomic E-state index is 11.8. The summed E-state index contributed by atoms with van der Waals surface area (Å²) in [5.41, 5.74) is 1.21. The SMILES string of the molecule is COc1cccc(CCN2CC(CS)CC2=O)c1. The van der Waals surface area contributed by atoms with Gasteiger partial charge in [0.25, 0.3) is 0 Å². The highest BCUT2D eigenvalue weighted by molar-refractivity contribution is 7.80. The number of carbonyl (C=O) groups excluding carboxylic acids is 1. The van der Waals surface area contributed by atoms with Gasteiger partial charge in [0.05, 0.1) is 7.11 Å². The molecule has 1 aliphatic heterocycles. The lowest BCUT2D eigenvalue weighted by Gasteiger charge is -2.16. The van der Waals surface area contributed by atoms with Crippen LogP contribution in [-0.4, -0.2) is 36.8 Å². The number of thiol groups is 1. The lowest BCUT2D eigenvalue weighted by atomic mass is 10.1. The van der Waals surface area contributed by atoms with Crippen LogP contribution in [0.2, 0.25) is 0 Å². The highest BCUT2D eigenvalue weighted by atomic mass is 32.1. The van der Waals surface area contributed by atoms with Gasteiger partial charge in [0.2, 0.25) is 5.91 Å². The minimum absolute atomic E-state index is 0.261. The number of nitrogens with zero attached hydrogens (tertiary/aromatic N) is 1. The summed E-state index contributed by atoms with van der Waals surface area (Å²) >= 11 is 4.27.